The molecule has 23 heavy (non-hydrogen) atoms. The van der Waals surface area contributed by atoms with E-state index in [2.05, 4.69) is 34.7 Å². The van der Waals surface area contributed by atoms with E-state index in [0.717, 1.165) is 41.1 Å². The number of rotatable bonds is 3. The molecule has 0 saturated carbocycles. The van der Waals surface area contributed by atoms with Gasteiger partial charge in [-0.05, 0) is 35.9 Å². The minimum absolute atomic E-state index is 0.234. The van der Waals surface area contributed by atoms with Crippen LogP contribution in [-0.4, -0.2) is 32.9 Å². The second kappa shape index (κ2) is 5.59. The predicted octanol–water partition coefficient (Wildman–Crippen LogP) is 4.57. The van der Waals surface area contributed by atoms with Crippen LogP contribution in [0.1, 0.15) is 5.56 Å². The van der Waals surface area contributed by atoms with E-state index in [4.69, 9.17) is 23.2 Å². The number of nitrogens with zero attached hydrogens (tertiary/aromatic N) is 3. The Morgan fingerprint density at radius 1 is 1.17 bits per heavy atom. The van der Waals surface area contributed by atoms with Gasteiger partial charge >= 0.3 is 0 Å². The zero-order valence-electron chi connectivity index (χ0n) is 12.4. The minimum Gasteiger partial charge on any atom is -0.368 e. The van der Waals surface area contributed by atoms with E-state index in [0.29, 0.717) is 5.02 Å². The molecule has 1 aliphatic rings. The molecular formula is C18H15Cl2N3. The highest BCUT2D eigenvalue weighted by Gasteiger charge is 2.26. The third-order valence-electron chi connectivity index (χ3n) is 4.19. The van der Waals surface area contributed by atoms with E-state index in [1.54, 1.807) is 0 Å². The third kappa shape index (κ3) is 2.60. The van der Waals surface area contributed by atoms with Crippen molar-refractivity contribution >= 4 is 39.9 Å². The van der Waals surface area contributed by atoms with Gasteiger partial charge in [-0.15, -0.1) is 11.6 Å². The lowest BCUT2D eigenvalue weighted by Crippen LogP contribution is -2.45. The lowest BCUT2D eigenvalue weighted by molar-refractivity contribution is 0.289. The summed E-state index contributed by atoms with van der Waals surface area (Å²) in [6.07, 6.45) is 1.82. The van der Waals surface area contributed by atoms with E-state index in [9.17, 15) is 0 Å². The number of likely N-dealkylation sites (tertiary alicyclic amines) is 1. The number of benzene rings is 2. The molecule has 1 saturated heterocycles. The van der Waals surface area contributed by atoms with Crippen LogP contribution in [-0.2, 0) is 0 Å². The number of aromatic nitrogens is 2. The van der Waals surface area contributed by atoms with Crippen molar-refractivity contribution in [1.82, 2.24) is 14.5 Å². The number of hydrogen-bond acceptors (Lipinski definition) is 2. The number of halogens is 2. The Morgan fingerprint density at radius 2 is 2.00 bits per heavy atom. The van der Waals surface area contributed by atoms with Gasteiger partial charge < -0.3 is 4.90 Å². The monoisotopic (exact) mass is 343 g/mol. The van der Waals surface area contributed by atoms with E-state index >= 15 is 0 Å². The Bertz CT molecular complexity index is 894. The van der Waals surface area contributed by atoms with Crippen molar-refractivity contribution in [3.63, 3.8) is 0 Å². The fourth-order valence-corrected chi connectivity index (χ4v) is 3.37. The molecule has 0 bridgehead atoms. The van der Waals surface area contributed by atoms with Crippen LogP contribution < -0.4 is 0 Å². The number of hydrogen-bond donors (Lipinski definition) is 0. The van der Waals surface area contributed by atoms with Gasteiger partial charge in [0.1, 0.15) is 6.33 Å². The van der Waals surface area contributed by atoms with Crippen LogP contribution in [0.2, 0.25) is 5.02 Å². The lowest BCUT2D eigenvalue weighted by atomic mass is 10.1. The molecule has 116 valence electrons. The average molecular weight is 344 g/mol. The molecule has 2 aromatic carbocycles. The van der Waals surface area contributed by atoms with E-state index < -0.39 is 0 Å². The molecule has 0 N–H and O–H groups in total. The molecule has 2 heterocycles. The molecule has 4 rings (SSSR count). The van der Waals surface area contributed by atoms with Gasteiger partial charge in [0.2, 0.25) is 0 Å². The van der Waals surface area contributed by atoms with E-state index in [-0.39, 0.29) is 5.38 Å². The van der Waals surface area contributed by atoms with Gasteiger partial charge in [-0.1, -0.05) is 30.3 Å². The first kappa shape index (κ1) is 14.6. The highest BCUT2D eigenvalue weighted by molar-refractivity contribution is 6.30. The fourth-order valence-electron chi connectivity index (χ4n) is 2.85. The van der Waals surface area contributed by atoms with Crippen LogP contribution in [0.5, 0.6) is 0 Å². The quantitative estimate of drug-likeness (QED) is 0.649. The molecule has 0 atom stereocenters. The summed E-state index contributed by atoms with van der Waals surface area (Å²) in [6.45, 7) is 5.89. The van der Waals surface area contributed by atoms with Crippen LogP contribution in [0, 0.1) is 0 Å². The van der Waals surface area contributed by atoms with Gasteiger partial charge in [0.25, 0.3) is 0 Å². The molecule has 0 amide bonds. The molecule has 1 aliphatic heterocycles. The molecule has 3 nitrogen and oxygen atoms in total. The Kier molecular flexibility index (Phi) is 3.55. The smallest absolute Gasteiger partial charge is 0.100 e. The summed E-state index contributed by atoms with van der Waals surface area (Å²) in [7, 11) is 0. The van der Waals surface area contributed by atoms with Crippen LogP contribution in [0.4, 0.5) is 0 Å². The standard InChI is InChI=1S/C18H15Cl2N3/c1-12(22-9-15(20)10-22)13-5-6-18-17(7-13)21-11-23(18)16-4-2-3-14(19)8-16/h2-8,11,15H,1,9-10H2. The number of fused-ring (bicyclic) bond motifs is 1. The van der Waals surface area contributed by atoms with E-state index in [1.165, 1.54) is 0 Å². The van der Waals surface area contributed by atoms with Crippen molar-refractivity contribution in [3.05, 3.63) is 66.0 Å². The first-order valence-corrected chi connectivity index (χ1v) is 8.24. The first-order valence-electron chi connectivity index (χ1n) is 7.43. The van der Waals surface area contributed by atoms with Crippen molar-refractivity contribution in [2.45, 2.75) is 5.38 Å². The maximum Gasteiger partial charge on any atom is 0.100 e. The van der Waals surface area contributed by atoms with Crippen LogP contribution in [0.25, 0.3) is 22.4 Å². The molecule has 1 aromatic heterocycles. The zero-order valence-corrected chi connectivity index (χ0v) is 13.9. The first-order chi connectivity index (χ1) is 11.1. The van der Waals surface area contributed by atoms with Gasteiger partial charge in [0.15, 0.2) is 0 Å². The van der Waals surface area contributed by atoms with Crippen molar-refractivity contribution in [2.75, 3.05) is 13.1 Å². The molecular weight excluding hydrogens is 329 g/mol. The summed E-state index contributed by atoms with van der Waals surface area (Å²) in [6, 6.07) is 14.0. The lowest BCUT2D eigenvalue weighted by Gasteiger charge is -2.38. The number of imidazole rings is 1. The summed E-state index contributed by atoms with van der Waals surface area (Å²) in [4.78, 5) is 6.71. The summed E-state index contributed by atoms with van der Waals surface area (Å²) >= 11 is 12.1. The summed E-state index contributed by atoms with van der Waals surface area (Å²) in [5, 5.41) is 0.945. The summed E-state index contributed by atoms with van der Waals surface area (Å²) in [5.41, 5.74) is 5.06. The molecule has 5 heteroatoms. The van der Waals surface area contributed by atoms with Gasteiger partial charge in [0.05, 0.1) is 16.4 Å². The molecule has 0 unspecified atom stereocenters. The second-order valence-electron chi connectivity index (χ2n) is 5.75. The zero-order chi connectivity index (χ0) is 16.0. The highest BCUT2D eigenvalue weighted by Crippen LogP contribution is 2.28. The fraction of sp³-hybridized carbons (Fsp3) is 0.167. The summed E-state index contributed by atoms with van der Waals surface area (Å²) in [5.74, 6) is 0. The third-order valence-corrected chi connectivity index (χ3v) is 4.70. The Morgan fingerprint density at radius 3 is 2.74 bits per heavy atom. The molecule has 0 radical (unpaired) electrons. The maximum atomic E-state index is 6.09. The van der Waals surface area contributed by atoms with Crippen LogP contribution in [0.15, 0.2) is 55.4 Å². The van der Waals surface area contributed by atoms with Gasteiger partial charge in [0, 0.05) is 29.5 Å². The maximum absolute atomic E-state index is 6.09. The average Bonchev–Trinajstić information content (AvgIpc) is 2.94. The SMILES string of the molecule is C=C(c1ccc2c(c1)ncn2-c1cccc(Cl)c1)N1CC(Cl)C1. The Balaban J connectivity index is 1.70. The number of alkyl halides is 1. The Hall–Kier alpha value is -1.97. The molecule has 3 aromatic rings. The van der Waals surface area contributed by atoms with Crippen molar-refractivity contribution in [1.29, 1.82) is 0 Å². The predicted molar refractivity (Wildman–Crippen MR) is 96.3 cm³/mol. The van der Waals surface area contributed by atoms with Gasteiger partial charge in [-0.2, -0.15) is 0 Å². The normalized spacial score (nSPS) is 15.0. The Labute approximate surface area is 144 Å². The molecule has 0 aliphatic carbocycles. The molecule has 1 fully saturated rings. The van der Waals surface area contributed by atoms with Crippen molar-refractivity contribution < 1.29 is 0 Å². The van der Waals surface area contributed by atoms with Crippen LogP contribution in [0.3, 0.4) is 0 Å². The highest BCUT2D eigenvalue weighted by atomic mass is 35.5. The van der Waals surface area contributed by atoms with Crippen molar-refractivity contribution in [3.8, 4) is 5.69 Å². The van der Waals surface area contributed by atoms with Crippen LogP contribution >= 0.6 is 23.2 Å². The molecule has 0 spiro atoms. The van der Waals surface area contributed by atoms with E-state index in [1.807, 2.05) is 35.2 Å². The van der Waals surface area contributed by atoms with Crippen molar-refractivity contribution in [2.24, 2.45) is 0 Å². The summed E-state index contributed by atoms with van der Waals surface area (Å²) < 4.78 is 2.03. The topological polar surface area (TPSA) is 21.1 Å². The largest absolute Gasteiger partial charge is 0.368 e. The second-order valence-corrected chi connectivity index (χ2v) is 6.80. The van der Waals surface area contributed by atoms with Gasteiger partial charge in [-0.25, -0.2) is 4.98 Å². The van der Waals surface area contributed by atoms with Gasteiger partial charge in [-0.3, -0.25) is 4.57 Å². The minimum atomic E-state index is 0.234.